The van der Waals surface area contributed by atoms with Crippen LogP contribution in [0.4, 0.5) is 0 Å². The molecule has 3 aliphatic rings. The van der Waals surface area contributed by atoms with Crippen LogP contribution >= 0.6 is 0 Å². The number of hydrogen-bond donors (Lipinski definition) is 0. The summed E-state index contributed by atoms with van der Waals surface area (Å²) in [5, 5.41) is 0. The highest BCUT2D eigenvalue weighted by molar-refractivity contribution is 5.99. The highest BCUT2D eigenvalue weighted by atomic mass is 16.6. The third-order valence-corrected chi connectivity index (χ3v) is 5.09. The average Bonchev–Trinajstić information content (AvgIpc) is 2.89. The Kier molecular flexibility index (Phi) is 2.04. The van der Waals surface area contributed by atoms with Gasteiger partial charge in [0.2, 0.25) is 0 Å². The molecule has 0 spiro atoms. The first kappa shape index (κ1) is 10.9. The minimum Gasteiger partial charge on any atom is -0.393 e. The van der Waals surface area contributed by atoms with Gasteiger partial charge in [-0.25, -0.2) is 0 Å². The number of hydrogen-bond acceptors (Lipinski definition) is 4. The standard InChI is InChI=1S/C13H16O4/c1-3-8(14)13(2)5-6-4-7(13)10-9(6)11(15)17-12(10)16/h6-7,9-10H,3-5H2,1-2H3. The Morgan fingerprint density at radius 3 is 2.65 bits per heavy atom. The van der Waals surface area contributed by atoms with Crippen LogP contribution in [0.3, 0.4) is 0 Å². The molecule has 1 saturated heterocycles. The van der Waals surface area contributed by atoms with E-state index in [1.165, 1.54) is 0 Å². The van der Waals surface area contributed by atoms with Gasteiger partial charge >= 0.3 is 11.9 Å². The van der Waals surface area contributed by atoms with Crippen LogP contribution < -0.4 is 0 Å². The van der Waals surface area contributed by atoms with E-state index in [4.69, 9.17) is 4.74 Å². The topological polar surface area (TPSA) is 60.4 Å². The van der Waals surface area contributed by atoms with Crippen LogP contribution in [0, 0.1) is 29.1 Å². The van der Waals surface area contributed by atoms with Crippen LogP contribution in [0.15, 0.2) is 0 Å². The molecule has 0 aromatic rings. The zero-order valence-electron chi connectivity index (χ0n) is 10.1. The molecule has 92 valence electrons. The van der Waals surface area contributed by atoms with E-state index in [0.29, 0.717) is 6.42 Å². The van der Waals surface area contributed by atoms with Crippen molar-refractivity contribution in [3.63, 3.8) is 0 Å². The second-order valence-corrected chi connectivity index (χ2v) is 5.79. The molecule has 2 aliphatic carbocycles. The number of Topliss-reactive ketones (excluding diaryl/α,β-unsaturated/α-hetero) is 1. The molecule has 17 heavy (non-hydrogen) atoms. The van der Waals surface area contributed by atoms with Crippen molar-refractivity contribution in [3.05, 3.63) is 0 Å². The highest BCUT2D eigenvalue weighted by Gasteiger charge is 2.67. The third kappa shape index (κ3) is 1.16. The van der Waals surface area contributed by atoms with Gasteiger partial charge in [0, 0.05) is 11.8 Å². The zero-order valence-corrected chi connectivity index (χ0v) is 10.1. The Morgan fingerprint density at radius 1 is 1.35 bits per heavy atom. The van der Waals surface area contributed by atoms with Crippen molar-refractivity contribution in [2.45, 2.75) is 33.1 Å². The van der Waals surface area contributed by atoms with Crippen molar-refractivity contribution >= 4 is 17.7 Å². The van der Waals surface area contributed by atoms with Gasteiger partial charge in [-0.1, -0.05) is 13.8 Å². The molecule has 4 heteroatoms. The minimum absolute atomic E-state index is 0.0175. The van der Waals surface area contributed by atoms with Crippen LogP contribution in [-0.4, -0.2) is 17.7 Å². The van der Waals surface area contributed by atoms with Gasteiger partial charge in [0.1, 0.15) is 5.78 Å². The van der Waals surface area contributed by atoms with Crippen molar-refractivity contribution in [1.82, 2.24) is 0 Å². The van der Waals surface area contributed by atoms with Gasteiger partial charge in [-0.2, -0.15) is 0 Å². The van der Waals surface area contributed by atoms with Crippen LogP contribution in [0.1, 0.15) is 33.1 Å². The molecule has 1 heterocycles. The monoisotopic (exact) mass is 236 g/mol. The third-order valence-electron chi connectivity index (χ3n) is 5.09. The molecule has 0 aromatic carbocycles. The smallest absolute Gasteiger partial charge is 0.317 e. The van der Waals surface area contributed by atoms with Crippen molar-refractivity contribution < 1.29 is 19.1 Å². The summed E-state index contributed by atoms with van der Waals surface area (Å²) in [5.41, 5.74) is -0.412. The summed E-state index contributed by atoms with van der Waals surface area (Å²) in [6, 6.07) is 0. The molecule has 2 saturated carbocycles. The quantitative estimate of drug-likeness (QED) is 0.536. The molecule has 3 rings (SSSR count). The SMILES string of the molecule is CCC(=O)C1(C)CC2CC1C1C(=O)OC(=O)C21. The van der Waals surface area contributed by atoms with E-state index in [0.717, 1.165) is 12.8 Å². The molecule has 5 atom stereocenters. The Labute approximate surface area is 99.7 Å². The van der Waals surface area contributed by atoms with Gasteiger partial charge in [-0.05, 0) is 24.7 Å². The van der Waals surface area contributed by atoms with Gasteiger partial charge in [-0.3, -0.25) is 14.4 Å². The summed E-state index contributed by atoms with van der Waals surface area (Å²) in [7, 11) is 0. The number of cyclic esters (lactones) is 2. The fourth-order valence-electron chi connectivity index (χ4n) is 4.34. The maximum Gasteiger partial charge on any atom is 0.317 e. The van der Waals surface area contributed by atoms with Crippen molar-refractivity contribution in [2.75, 3.05) is 0 Å². The van der Waals surface area contributed by atoms with E-state index in [2.05, 4.69) is 0 Å². The molecule has 0 N–H and O–H groups in total. The van der Waals surface area contributed by atoms with E-state index in [-0.39, 0.29) is 35.4 Å². The molecule has 0 radical (unpaired) electrons. The van der Waals surface area contributed by atoms with E-state index in [9.17, 15) is 14.4 Å². The normalized spacial score (nSPS) is 47.2. The van der Waals surface area contributed by atoms with Crippen LogP contribution in [-0.2, 0) is 19.1 Å². The Hall–Kier alpha value is -1.19. The lowest BCUT2D eigenvalue weighted by atomic mass is 9.64. The summed E-state index contributed by atoms with van der Waals surface area (Å²) < 4.78 is 4.73. The Bertz CT molecular complexity index is 427. The van der Waals surface area contributed by atoms with E-state index >= 15 is 0 Å². The van der Waals surface area contributed by atoms with E-state index in [1.54, 1.807) is 0 Å². The van der Waals surface area contributed by atoms with E-state index < -0.39 is 11.4 Å². The molecular formula is C13H16O4. The van der Waals surface area contributed by atoms with Crippen molar-refractivity contribution in [3.8, 4) is 0 Å². The number of ether oxygens (including phenoxy) is 1. The number of ketones is 1. The van der Waals surface area contributed by atoms with Crippen LogP contribution in [0.5, 0.6) is 0 Å². The lowest BCUT2D eigenvalue weighted by molar-refractivity contribution is -0.154. The molecule has 4 nitrogen and oxygen atoms in total. The number of carbonyl (C=O) groups excluding carboxylic acids is 3. The largest absolute Gasteiger partial charge is 0.393 e. The predicted molar refractivity (Wildman–Crippen MR) is 57.7 cm³/mol. The summed E-state index contributed by atoms with van der Waals surface area (Å²) in [6.07, 6.45) is 2.08. The zero-order chi connectivity index (χ0) is 12.4. The molecular weight excluding hydrogens is 220 g/mol. The van der Waals surface area contributed by atoms with Crippen molar-refractivity contribution in [2.24, 2.45) is 29.1 Å². The fourth-order valence-corrected chi connectivity index (χ4v) is 4.34. The molecule has 1 aliphatic heterocycles. The highest BCUT2D eigenvalue weighted by Crippen LogP contribution is 2.63. The van der Waals surface area contributed by atoms with Gasteiger partial charge in [0.05, 0.1) is 11.8 Å². The summed E-state index contributed by atoms with van der Waals surface area (Å²) >= 11 is 0. The summed E-state index contributed by atoms with van der Waals surface area (Å²) in [4.78, 5) is 35.3. The Morgan fingerprint density at radius 2 is 2.00 bits per heavy atom. The lowest BCUT2D eigenvalue weighted by Crippen LogP contribution is -2.41. The second kappa shape index (κ2) is 3.18. The van der Waals surface area contributed by atoms with Gasteiger partial charge in [-0.15, -0.1) is 0 Å². The van der Waals surface area contributed by atoms with Gasteiger partial charge in [0.15, 0.2) is 0 Å². The Balaban J connectivity index is 1.97. The van der Waals surface area contributed by atoms with Gasteiger partial charge < -0.3 is 4.74 Å². The maximum absolute atomic E-state index is 12.1. The van der Waals surface area contributed by atoms with Gasteiger partial charge in [0.25, 0.3) is 0 Å². The summed E-state index contributed by atoms with van der Waals surface area (Å²) in [5.74, 6) is -0.961. The molecule has 2 bridgehead atoms. The second-order valence-electron chi connectivity index (χ2n) is 5.79. The molecule has 3 fully saturated rings. The van der Waals surface area contributed by atoms with E-state index in [1.807, 2.05) is 13.8 Å². The first-order valence-corrected chi connectivity index (χ1v) is 6.28. The first-order valence-electron chi connectivity index (χ1n) is 6.28. The molecule has 0 aromatic heterocycles. The lowest BCUT2D eigenvalue weighted by Gasteiger charge is -2.36. The minimum atomic E-state index is -0.412. The maximum atomic E-state index is 12.1. The van der Waals surface area contributed by atoms with Crippen LogP contribution in [0.2, 0.25) is 0 Å². The number of fused-ring (bicyclic) bond motifs is 5. The number of carbonyl (C=O) groups is 3. The average molecular weight is 236 g/mol. The predicted octanol–water partition coefficient (Wildman–Crippen LogP) is 1.33. The summed E-state index contributed by atoms with van der Waals surface area (Å²) in [6.45, 7) is 3.81. The van der Waals surface area contributed by atoms with Crippen LogP contribution in [0.25, 0.3) is 0 Å². The fraction of sp³-hybridized carbons (Fsp3) is 0.769. The molecule has 0 amide bonds. The van der Waals surface area contributed by atoms with Crippen molar-refractivity contribution in [1.29, 1.82) is 0 Å². The number of rotatable bonds is 2. The molecule has 5 unspecified atom stereocenters. The number of esters is 2. The first-order chi connectivity index (χ1) is 7.99.